The molecule has 0 radical (unpaired) electrons. The number of pyridine rings is 1. The number of aromatic nitrogens is 3. The molecule has 1 atom stereocenters. The van der Waals surface area contributed by atoms with E-state index in [4.69, 9.17) is 0 Å². The molecule has 2 aliphatic heterocycles. The Hall–Kier alpha value is -3.30. The van der Waals surface area contributed by atoms with E-state index in [0.717, 1.165) is 55.4 Å². The van der Waals surface area contributed by atoms with Crippen LogP contribution in [-0.4, -0.2) is 45.2 Å². The van der Waals surface area contributed by atoms with E-state index in [1.54, 1.807) is 18.3 Å². The van der Waals surface area contributed by atoms with Crippen molar-refractivity contribution < 1.29 is 9.59 Å². The Labute approximate surface area is 195 Å². The summed E-state index contributed by atoms with van der Waals surface area (Å²) in [5.41, 5.74) is 3.91. The normalized spacial score (nSPS) is 20.0. The summed E-state index contributed by atoms with van der Waals surface area (Å²) >= 11 is 0.890. The lowest BCUT2D eigenvalue weighted by atomic mass is 10.0. The van der Waals surface area contributed by atoms with Crippen LogP contribution in [-0.2, 0) is 11.3 Å². The number of aryl methyl sites for hydroxylation is 1. The molecule has 0 saturated carbocycles. The van der Waals surface area contributed by atoms with Gasteiger partial charge in [-0.1, -0.05) is 18.2 Å². The van der Waals surface area contributed by atoms with E-state index in [2.05, 4.69) is 54.8 Å². The maximum absolute atomic E-state index is 11.8. The largest absolute Gasteiger partial charge is 0.339 e. The van der Waals surface area contributed by atoms with Crippen LogP contribution in [0, 0.1) is 6.92 Å². The standard InChI is InChI=1S/C24H24N6O2S/c1-15-11-16(19-6-2-3-7-20(19)27-15)13-26-18-5-4-10-30(14-18)23-25-9-8-17(28-23)12-21-22(31)29-24(32)33-21/h2-3,6-9,11-12,18,26H,4-5,10,13-14H2,1H3,(H,29,31,32). The van der Waals surface area contributed by atoms with Crippen LogP contribution in [0.5, 0.6) is 0 Å². The van der Waals surface area contributed by atoms with Crippen molar-refractivity contribution in [2.24, 2.45) is 0 Å². The van der Waals surface area contributed by atoms with Gasteiger partial charge in [0.1, 0.15) is 0 Å². The fourth-order valence-corrected chi connectivity index (χ4v) is 4.94. The highest BCUT2D eigenvalue weighted by atomic mass is 32.2. The molecule has 3 aromatic rings. The van der Waals surface area contributed by atoms with Crippen LogP contribution in [0.25, 0.3) is 17.0 Å². The lowest BCUT2D eigenvalue weighted by Gasteiger charge is -2.33. The maximum atomic E-state index is 11.8. The van der Waals surface area contributed by atoms with Crippen molar-refractivity contribution in [2.75, 3.05) is 18.0 Å². The Morgan fingerprint density at radius 3 is 2.97 bits per heavy atom. The number of nitrogens with zero attached hydrogens (tertiary/aromatic N) is 4. The summed E-state index contributed by atoms with van der Waals surface area (Å²) in [4.78, 5) is 39.5. The molecule has 8 nitrogen and oxygen atoms in total. The summed E-state index contributed by atoms with van der Waals surface area (Å²) in [5.74, 6) is 0.252. The molecule has 4 heterocycles. The number of imide groups is 1. The number of carbonyl (C=O) groups excluding carboxylic acids is 2. The molecule has 1 unspecified atom stereocenters. The molecule has 0 aliphatic carbocycles. The summed E-state index contributed by atoms with van der Waals surface area (Å²) in [7, 11) is 0. The highest BCUT2D eigenvalue weighted by molar-refractivity contribution is 8.18. The van der Waals surface area contributed by atoms with Crippen molar-refractivity contribution in [2.45, 2.75) is 32.4 Å². The molecule has 2 aliphatic rings. The molecule has 0 bridgehead atoms. The SMILES string of the molecule is Cc1cc(CNC2CCCN(c3nccc(C=C4SC(=O)NC4=O)n3)C2)c2ccccc2n1. The van der Waals surface area contributed by atoms with Crippen molar-refractivity contribution in [1.29, 1.82) is 0 Å². The first kappa shape index (κ1) is 21.5. The predicted octanol–water partition coefficient (Wildman–Crippen LogP) is 3.42. The van der Waals surface area contributed by atoms with Gasteiger partial charge in [-0.15, -0.1) is 0 Å². The summed E-state index contributed by atoms with van der Waals surface area (Å²) in [6.45, 7) is 4.48. The summed E-state index contributed by atoms with van der Waals surface area (Å²) < 4.78 is 0. The number of carbonyl (C=O) groups is 2. The lowest BCUT2D eigenvalue weighted by molar-refractivity contribution is -0.115. The number of benzene rings is 1. The van der Waals surface area contributed by atoms with Gasteiger partial charge in [-0.05, 0) is 61.4 Å². The highest BCUT2D eigenvalue weighted by Gasteiger charge is 2.26. The number of thioether (sulfide) groups is 1. The third kappa shape index (κ3) is 4.89. The van der Waals surface area contributed by atoms with Gasteiger partial charge in [-0.3, -0.25) is 19.9 Å². The van der Waals surface area contributed by atoms with Gasteiger partial charge in [0, 0.05) is 43.0 Å². The molecule has 33 heavy (non-hydrogen) atoms. The van der Waals surface area contributed by atoms with Gasteiger partial charge in [0.25, 0.3) is 11.1 Å². The molecular weight excluding hydrogens is 436 g/mol. The first-order chi connectivity index (χ1) is 16.0. The van der Waals surface area contributed by atoms with Crippen LogP contribution in [0.4, 0.5) is 10.7 Å². The quantitative estimate of drug-likeness (QED) is 0.559. The molecule has 2 saturated heterocycles. The second-order valence-corrected chi connectivity index (χ2v) is 9.25. The predicted molar refractivity (Wildman–Crippen MR) is 130 cm³/mol. The van der Waals surface area contributed by atoms with Crippen LogP contribution < -0.4 is 15.5 Å². The summed E-state index contributed by atoms with van der Waals surface area (Å²) in [5, 5.41) is 6.80. The number of anilines is 1. The van der Waals surface area contributed by atoms with Crippen molar-refractivity contribution >= 4 is 45.8 Å². The van der Waals surface area contributed by atoms with Crippen molar-refractivity contribution in [3.63, 3.8) is 0 Å². The monoisotopic (exact) mass is 460 g/mol. The fraction of sp³-hybridized carbons (Fsp3) is 0.292. The van der Waals surface area contributed by atoms with Crippen LogP contribution in [0.2, 0.25) is 0 Å². The van der Waals surface area contributed by atoms with E-state index in [1.807, 2.05) is 13.0 Å². The van der Waals surface area contributed by atoms with Crippen molar-refractivity contribution in [3.05, 3.63) is 64.5 Å². The highest BCUT2D eigenvalue weighted by Crippen LogP contribution is 2.26. The second-order valence-electron chi connectivity index (χ2n) is 8.24. The number of piperidine rings is 1. The second kappa shape index (κ2) is 9.29. The van der Waals surface area contributed by atoms with Gasteiger partial charge in [0.2, 0.25) is 5.95 Å². The van der Waals surface area contributed by atoms with Gasteiger partial charge in [0.05, 0.1) is 16.1 Å². The molecule has 0 spiro atoms. The van der Waals surface area contributed by atoms with Crippen LogP contribution in [0.1, 0.15) is 29.8 Å². The molecular formula is C24H24N6O2S. The van der Waals surface area contributed by atoms with Crippen molar-refractivity contribution in [3.8, 4) is 0 Å². The molecule has 9 heteroatoms. The zero-order valence-electron chi connectivity index (χ0n) is 18.2. The van der Waals surface area contributed by atoms with E-state index in [0.29, 0.717) is 22.6 Å². The summed E-state index contributed by atoms with van der Waals surface area (Å²) in [6, 6.07) is 12.4. The smallest absolute Gasteiger partial charge is 0.290 e. The average molecular weight is 461 g/mol. The number of amides is 2. The molecule has 2 fully saturated rings. The number of fused-ring (bicyclic) bond motifs is 1. The van der Waals surface area contributed by atoms with Gasteiger partial charge >= 0.3 is 0 Å². The molecule has 5 rings (SSSR count). The van der Waals surface area contributed by atoms with Gasteiger partial charge in [0.15, 0.2) is 0 Å². The molecule has 1 aromatic carbocycles. The Morgan fingerprint density at radius 1 is 1.24 bits per heavy atom. The van der Waals surface area contributed by atoms with Gasteiger partial charge in [-0.25, -0.2) is 9.97 Å². The number of rotatable bonds is 5. The Kier molecular flexibility index (Phi) is 6.06. The first-order valence-corrected chi connectivity index (χ1v) is 11.8. The molecule has 2 aromatic heterocycles. The van der Waals surface area contributed by atoms with E-state index in [9.17, 15) is 9.59 Å². The maximum Gasteiger partial charge on any atom is 0.290 e. The number of hydrogen-bond donors (Lipinski definition) is 2. The van der Waals surface area contributed by atoms with Crippen LogP contribution in [0.15, 0.2) is 47.5 Å². The number of para-hydroxylation sites is 1. The number of nitrogens with one attached hydrogen (secondary N) is 2. The summed E-state index contributed by atoms with van der Waals surface area (Å²) in [6.07, 6.45) is 5.44. The first-order valence-electron chi connectivity index (χ1n) is 11.0. The van der Waals surface area contributed by atoms with E-state index in [1.165, 1.54) is 10.9 Å². The fourth-order valence-electron chi connectivity index (χ4n) is 4.27. The Bertz CT molecular complexity index is 1260. The zero-order valence-corrected chi connectivity index (χ0v) is 19.1. The third-order valence-electron chi connectivity index (χ3n) is 5.80. The van der Waals surface area contributed by atoms with Crippen molar-refractivity contribution in [1.82, 2.24) is 25.6 Å². The number of hydrogen-bond acceptors (Lipinski definition) is 8. The van der Waals surface area contributed by atoms with Crippen LogP contribution >= 0.6 is 11.8 Å². The van der Waals surface area contributed by atoms with E-state index in [-0.39, 0.29) is 11.1 Å². The molecule has 2 amide bonds. The zero-order chi connectivity index (χ0) is 22.8. The van der Waals surface area contributed by atoms with E-state index >= 15 is 0 Å². The topological polar surface area (TPSA) is 100 Å². The Balaban J connectivity index is 1.28. The third-order valence-corrected chi connectivity index (χ3v) is 6.61. The van der Waals surface area contributed by atoms with Gasteiger partial charge in [-0.2, -0.15) is 0 Å². The average Bonchev–Trinajstić information content (AvgIpc) is 3.14. The molecule has 2 N–H and O–H groups in total. The minimum Gasteiger partial charge on any atom is -0.339 e. The minimum atomic E-state index is -0.383. The van der Waals surface area contributed by atoms with Gasteiger partial charge < -0.3 is 10.2 Å². The van der Waals surface area contributed by atoms with E-state index < -0.39 is 0 Å². The minimum absolute atomic E-state index is 0.311. The lowest BCUT2D eigenvalue weighted by Crippen LogP contribution is -2.46. The Morgan fingerprint density at radius 2 is 2.12 bits per heavy atom. The molecule has 168 valence electrons. The van der Waals surface area contributed by atoms with Crippen LogP contribution in [0.3, 0.4) is 0 Å².